The van der Waals surface area contributed by atoms with E-state index in [1.54, 1.807) is 7.05 Å². The summed E-state index contributed by atoms with van der Waals surface area (Å²) in [5.74, 6) is 0. The topological polar surface area (TPSA) is 68.8 Å². The minimum Gasteiger partial charge on any atom is -0.419 e. The predicted octanol–water partition coefficient (Wildman–Crippen LogP) is -0.575. The minimum atomic E-state index is -0.557. The summed E-state index contributed by atoms with van der Waals surface area (Å²) in [5, 5.41) is 4.91. The largest absolute Gasteiger partial charge is 0.419 e. The van der Waals surface area contributed by atoms with Gasteiger partial charge in [0.2, 0.25) is 6.79 Å². The van der Waals surface area contributed by atoms with E-state index in [9.17, 15) is 4.79 Å². The Morgan fingerprint density at radius 3 is 2.64 bits per heavy atom. The molecule has 0 fully saturated rings. The fourth-order valence-electron chi connectivity index (χ4n) is 0.284. The first-order valence-corrected chi connectivity index (χ1v) is 3.04. The molecule has 0 aromatic rings. The first-order chi connectivity index (χ1) is 5.31. The van der Waals surface area contributed by atoms with E-state index >= 15 is 0 Å². The van der Waals surface area contributed by atoms with E-state index < -0.39 is 6.09 Å². The molecule has 66 valence electrons. The zero-order chi connectivity index (χ0) is 8.53. The number of hydrogen-bond acceptors (Lipinski definition) is 5. The third-order valence-corrected chi connectivity index (χ3v) is 0.729. The second-order valence-corrected chi connectivity index (χ2v) is 1.53. The second kappa shape index (κ2) is 7.26. The molecule has 0 bridgehead atoms. The van der Waals surface area contributed by atoms with Gasteiger partial charge >= 0.3 is 6.09 Å². The molecule has 0 aromatic carbocycles. The number of alkyl carbamates (subject to hydrolysis) is 1. The van der Waals surface area contributed by atoms with E-state index in [-0.39, 0.29) is 13.5 Å². The van der Waals surface area contributed by atoms with Crippen LogP contribution in [0.25, 0.3) is 0 Å². The molecule has 11 heavy (non-hydrogen) atoms. The van der Waals surface area contributed by atoms with Gasteiger partial charge < -0.3 is 10.1 Å². The Morgan fingerprint density at radius 1 is 1.36 bits per heavy atom. The summed E-state index contributed by atoms with van der Waals surface area (Å²) in [6.07, 6.45) is -0.557. The van der Waals surface area contributed by atoms with Gasteiger partial charge in [-0.2, -0.15) is 4.89 Å². The van der Waals surface area contributed by atoms with E-state index in [4.69, 9.17) is 0 Å². The van der Waals surface area contributed by atoms with Crippen LogP contribution in [0.2, 0.25) is 0 Å². The second-order valence-electron chi connectivity index (χ2n) is 1.53. The summed E-state index contributed by atoms with van der Waals surface area (Å²) >= 11 is 0. The number of carbonyl (C=O) groups excluding carboxylic acids is 1. The Balaban J connectivity index is 2.95. The molecule has 2 N–H and O–H groups in total. The minimum absolute atomic E-state index is 0.221. The summed E-state index contributed by atoms with van der Waals surface area (Å²) in [6.45, 7) is 0.0262. The Kier molecular flexibility index (Phi) is 6.70. The average Bonchev–Trinajstić information content (AvgIpc) is 2.04. The van der Waals surface area contributed by atoms with Crippen molar-refractivity contribution >= 4 is 6.09 Å². The molecule has 0 saturated carbocycles. The van der Waals surface area contributed by atoms with Gasteiger partial charge in [0, 0.05) is 7.05 Å². The van der Waals surface area contributed by atoms with Crippen LogP contribution in [0, 0.1) is 0 Å². The molecule has 0 heterocycles. The van der Waals surface area contributed by atoms with Crippen LogP contribution in [-0.2, 0) is 14.5 Å². The van der Waals surface area contributed by atoms with Crippen molar-refractivity contribution in [2.24, 2.45) is 0 Å². The molecule has 0 aliphatic carbocycles. The van der Waals surface area contributed by atoms with Gasteiger partial charge in [0.25, 0.3) is 0 Å². The molecule has 0 aliphatic heterocycles. The third kappa shape index (κ3) is 7.04. The number of carbonyl (C=O) groups is 1. The van der Waals surface area contributed by atoms with Crippen molar-refractivity contribution in [3.05, 3.63) is 0 Å². The highest BCUT2D eigenvalue weighted by atomic mass is 17.2. The van der Waals surface area contributed by atoms with Crippen LogP contribution in [0.1, 0.15) is 0 Å². The van der Waals surface area contributed by atoms with E-state index in [0.29, 0.717) is 0 Å². The third-order valence-electron chi connectivity index (χ3n) is 0.729. The maximum absolute atomic E-state index is 10.4. The normalized spacial score (nSPS) is 9.27. The molecule has 0 aromatic heterocycles. The summed E-state index contributed by atoms with van der Waals surface area (Å²) in [6, 6.07) is 0. The van der Waals surface area contributed by atoms with Gasteiger partial charge in [-0.25, -0.2) is 9.68 Å². The van der Waals surface area contributed by atoms with E-state index in [1.165, 1.54) is 7.05 Å². The smallest absolute Gasteiger partial charge is 0.409 e. The van der Waals surface area contributed by atoms with Crippen molar-refractivity contribution < 1.29 is 19.3 Å². The monoisotopic (exact) mass is 164 g/mol. The fourth-order valence-corrected chi connectivity index (χ4v) is 0.284. The van der Waals surface area contributed by atoms with Crippen molar-refractivity contribution in [2.45, 2.75) is 0 Å². The van der Waals surface area contributed by atoms with Crippen LogP contribution < -0.4 is 10.6 Å². The van der Waals surface area contributed by atoms with Gasteiger partial charge in [0.05, 0.1) is 0 Å². The van der Waals surface area contributed by atoms with Crippen LogP contribution >= 0.6 is 0 Å². The highest BCUT2D eigenvalue weighted by Gasteiger charge is 1.95. The summed E-state index contributed by atoms with van der Waals surface area (Å²) in [5.41, 5.74) is 0. The number of ether oxygens (including phenoxy) is 1. The fraction of sp³-hybridized carbons (Fsp3) is 0.800. The van der Waals surface area contributed by atoms with Crippen molar-refractivity contribution in [2.75, 3.05) is 27.6 Å². The van der Waals surface area contributed by atoms with Crippen LogP contribution in [0.3, 0.4) is 0 Å². The molecule has 0 unspecified atom stereocenters. The molecule has 0 aliphatic rings. The summed E-state index contributed by atoms with van der Waals surface area (Å²) < 4.78 is 4.41. The molecule has 6 heteroatoms. The quantitative estimate of drug-likeness (QED) is 0.246. The predicted molar refractivity (Wildman–Crippen MR) is 36.5 cm³/mol. The van der Waals surface area contributed by atoms with Gasteiger partial charge in [-0.05, 0) is 7.05 Å². The van der Waals surface area contributed by atoms with E-state index in [1.807, 2.05) is 0 Å². The van der Waals surface area contributed by atoms with Gasteiger partial charge in [0.1, 0.15) is 6.73 Å². The molecule has 0 radical (unpaired) electrons. The first kappa shape index (κ1) is 10.2. The Bertz CT molecular complexity index is 109. The van der Waals surface area contributed by atoms with Gasteiger partial charge in [-0.1, -0.05) is 0 Å². The average molecular weight is 164 g/mol. The number of rotatable bonds is 5. The summed E-state index contributed by atoms with van der Waals surface area (Å²) in [7, 11) is 3.15. The Hall–Kier alpha value is -0.850. The van der Waals surface area contributed by atoms with Crippen molar-refractivity contribution in [1.82, 2.24) is 10.6 Å². The number of amides is 1. The first-order valence-electron chi connectivity index (χ1n) is 3.04. The van der Waals surface area contributed by atoms with E-state index in [2.05, 4.69) is 25.1 Å². The molecule has 0 saturated heterocycles. The molecular formula is C5H12N2O4. The van der Waals surface area contributed by atoms with E-state index in [0.717, 1.165) is 0 Å². The number of hydrogen-bond donors (Lipinski definition) is 2. The standard InChI is InChI=1S/C5H12N2O4/c1-6-3-10-11-4-9-5(8)7-2/h6H,3-4H2,1-2H3,(H,7,8). The zero-order valence-electron chi connectivity index (χ0n) is 6.55. The van der Waals surface area contributed by atoms with Gasteiger partial charge in [-0.3, -0.25) is 5.32 Å². The lowest BCUT2D eigenvalue weighted by Gasteiger charge is -2.03. The van der Waals surface area contributed by atoms with Crippen molar-refractivity contribution in [3.8, 4) is 0 Å². The van der Waals surface area contributed by atoms with Crippen LogP contribution in [-0.4, -0.2) is 33.7 Å². The summed E-state index contributed by atoms with van der Waals surface area (Å²) in [4.78, 5) is 19.2. The van der Waals surface area contributed by atoms with Crippen LogP contribution in [0.4, 0.5) is 4.79 Å². The lowest BCUT2D eigenvalue weighted by Crippen LogP contribution is -2.21. The number of nitrogens with one attached hydrogen (secondary N) is 2. The van der Waals surface area contributed by atoms with Crippen molar-refractivity contribution in [3.63, 3.8) is 0 Å². The van der Waals surface area contributed by atoms with Gasteiger partial charge in [0.15, 0.2) is 0 Å². The lowest BCUT2D eigenvalue weighted by molar-refractivity contribution is -0.329. The molecule has 0 atom stereocenters. The lowest BCUT2D eigenvalue weighted by atomic mass is 11.1. The maximum atomic E-state index is 10.4. The van der Waals surface area contributed by atoms with Crippen molar-refractivity contribution in [1.29, 1.82) is 0 Å². The molecule has 1 amide bonds. The van der Waals surface area contributed by atoms with Gasteiger partial charge in [-0.15, -0.1) is 0 Å². The van der Waals surface area contributed by atoms with Crippen LogP contribution in [0.15, 0.2) is 0 Å². The molecule has 6 nitrogen and oxygen atoms in total. The molecule has 0 rings (SSSR count). The maximum Gasteiger partial charge on any atom is 0.409 e. The van der Waals surface area contributed by atoms with Crippen LogP contribution in [0.5, 0.6) is 0 Å². The SMILES string of the molecule is CNCOOCOC(=O)NC. The Labute approximate surface area is 64.7 Å². The highest BCUT2D eigenvalue weighted by Crippen LogP contribution is 1.79. The highest BCUT2D eigenvalue weighted by molar-refractivity contribution is 5.66. The molecular weight excluding hydrogens is 152 g/mol. The molecule has 0 spiro atoms. The Morgan fingerprint density at radius 2 is 2.09 bits per heavy atom. The zero-order valence-corrected chi connectivity index (χ0v) is 6.55.